The van der Waals surface area contributed by atoms with Crippen LogP contribution in [0.5, 0.6) is 5.75 Å². The average molecular weight is 441 g/mol. The lowest BCUT2D eigenvalue weighted by Gasteiger charge is -2.30. The van der Waals surface area contributed by atoms with Crippen LogP contribution in [0, 0.1) is 18.3 Å². The van der Waals surface area contributed by atoms with Crippen molar-refractivity contribution in [2.24, 2.45) is 10.9 Å². The highest BCUT2D eigenvalue weighted by molar-refractivity contribution is 6.31. The van der Waals surface area contributed by atoms with Gasteiger partial charge in [0, 0.05) is 22.3 Å². The summed E-state index contributed by atoms with van der Waals surface area (Å²) in [6, 6.07) is 11.7. The third kappa shape index (κ3) is 4.78. The number of aliphatic imine (C=N–C) groups is 1. The molecule has 0 aliphatic carbocycles. The second-order valence-electron chi connectivity index (χ2n) is 7.19. The summed E-state index contributed by atoms with van der Waals surface area (Å²) in [5.41, 5.74) is 3.02. The van der Waals surface area contributed by atoms with Crippen LogP contribution in [0.3, 0.4) is 0 Å². The van der Waals surface area contributed by atoms with E-state index in [0.29, 0.717) is 35.5 Å². The standard InChI is InChI=1S/C24H22ClFN2O3/c1-14-21(24(29)31-4)22(18-11-8-16(26)13-19(18)25)23(27-2)20(28-14)12-7-15-5-9-17(30-3)10-6-15/h5-6,8-11,13,21-22H,7,12H2,1,3-4H3. The quantitative estimate of drug-likeness (QED) is 0.434. The lowest BCUT2D eigenvalue weighted by Crippen LogP contribution is -2.33. The van der Waals surface area contributed by atoms with Crippen molar-refractivity contribution in [2.45, 2.75) is 25.7 Å². The van der Waals surface area contributed by atoms with E-state index < -0.39 is 23.6 Å². The zero-order valence-corrected chi connectivity index (χ0v) is 18.2. The number of halogens is 2. The number of allylic oxidation sites excluding steroid dienone is 2. The number of methoxy groups -OCH3 is 2. The summed E-state index contributed by atoms with van der Waals surface area (Å²) in [7, 11) is 2.90. The Morgan fingerprint density at radius 2 is 1.90 bits per heavy atom. The highest BCUT2D eigenvalue weighted by atomic mass is 35.5. The largest absolute Gasteiger partial charge is 0.497 e. The maximum Gasteiger partial charge on any atom is 0.314 e. The van der Waals surface area contributed by atoms with E-state index >= 15 is 0 Å². The first-order valence-corrected chi connectivity index (χ1v) is 10.1. The van der Waals surface area contributed by atoms with Crippen LogP contribution >= 0.6 is 11.6 Å². The van der Waals surface area contributed by atoms with Gasteiger partial charge >= 0.3 is 5.97 Å². The lowest BCUT2D eigenvalue weighted by molar-refractivity contribution is -0.143. The molecule has 0 amide bonds. The molecule has 0 fully saturated rings. The number of aryl methyl sites for hydroxylation is 1. The fraction of sp³-hybridized carbons (Fsp3) is 0.292. The number of rotatable bonds is 6. The summed E-state index contributed by atoms with van der Waals surface area (Å²) in [6.45, 7) is 9.56. The third-order valence-corrected chi connectivity index (χ3v) is 5.69. The number of esters is 1. The maximum absolute atomic E-state index is 13.7. The Balaban J connectivity index is 2.03. The molecule has 2 aromatic rings. The number of carbonyl (C=O) groups is 1. The van der Waals surface area contributed by atoms with E-state index in [1.165, 1.54) is 25.3 Å². The minimum absolute atomic E-state index is 0.157. The van der Waals surface area contributed by atoms with E-state index in [4.69, 9.17) is 27.6 Å². The maximum atomic E-state index is 13.7. The van der Waals surface area contributed by atoms with Crippen LogP contribution in [-0.2, 0) is 16.0 Å². The van der Waals surface area contributed by atoms with E-state index in [-0.39, 0.29) is 5.02 Å². The van der Waals surface area contributed by atoms with E-state index in [2.05, 4.69) is 9.84 Å². The van der Waals surface area contributed by atoms with Crippen molar-refractivity contribution in [3.63, 3.8) is 0 Å². The number of nitrogens with zero attached hydrogens (tertiary/aromatic N) is 2. The van der Waals surface area contributed by atoms with Gasteiger partial charge < -0.3 is 9.47 Å². The fourth-order valence-corrected chi connectivity index (χ4v) is 4.09. The molecule has 5 nitrogen and oxygen atoms in total. The van der Waals surface area contributed by atoms with Gasteiger partial charge in [0.05, 0.1) is 26.7 Å². The summed E-state index contributed by atoms with van der Waals surface area (Å²) in [6.07, 6.45) is 1.16. The second-order valence-corrected chi connectivity index (χ2v) is 7.60. The molecular weight excluding hydrogens is 419 g/mol. The summed E-state index contributed by atoms with van der Waals surface area (Å²) in [4.78, 5) is 20.9. The number of hydrogen-bond donors (Lipinski definition) is 0. The van der Waals surface area contributed by atoms with Crippen molar-refractivity contribution in [2.75, 3.05) is 14.2 Å². The van der Waals surface area contributed by atoms with Gasteiger partial charge in [0.25, 0.3) is 0 Å². The Hall–Kier alpha value is -3.17. The predicted octanol–water partition coefficient (Wildman–Crippen LogP) is 5.60. The van der Waals surface area contributed by atoms with E-state index in [9.17, 15) is 9.18 Å². The van der Waals surface area contributed by atoms with Crippen molar-refractivity contribution >= 4 is 23.3 Å². The number of benzene rings is 2. The van der Waals surface area contributed by atoms with Crippen LogP contribution in [0.25, 0.3) is 4.85 Å². The molecule has 0 N–H and O–H groups in total. The van der Waals surface area contributed by atoms with Crippen LogP contribution in [0.15, 0.2) is 58.9 Å². The van der Waals surface area contributed by atoms with E-state index in [1.54, 1.807) is 14.0 Å². The SMILES string of the molecule is [C-]#[N+]C1=C(CCc2ccc(OC)cc2)N=C(C)C(C(=O)OC)C1c1ccc(F)cc1Cl. The van der Waals surface area contributed by atoms with Gasteiger partial charge in [-0.25, -0.2) is 9.24 Å². The summed E-state index contributed by atoms with van der Waals surface area (Å²) >= 11 is 6.33. The van der Waals surface area contributed by atoms with Crippen molar-refractivity contribution < 1.29 is 18.7 Å². The summed E-state index contributed by atoms with van der Waals surface area (Å²) in [5.74, 6) is -1.73. The molecule has 1 aliphatic rings. The summed E-state index contributed by atoms with van der Waals surface area (Å²) in [5, 5.41) is 0.157. The van der Waals surface area contributed by atoms with Gasteiger partial charge in [0.15, 0.2) is 5.70 Å². The monoisotopic (exact) mass is 440 g/mol. The molecule has 0 saturated heterocycles. The first-order valence-electron chi connectivity index (χ1n) is 9.71. The van der Waals surface area contributed by atoms with Gasteiger partial charge in [-0.05, 0) is 55.2 Å². The predicted molar refractivity (Wildman–Crippen MR) is 118 cm³/mol. The van der Waals surface area contributed by atoms with Gasteiger partial charge in [0.2, 0.25) is 0 Å². The van der Waals surface area contributed by atoms with Crippen LogP contribution in [-0.4, -0.2) is 25.9 Å². The molecule has 0 aromatic heterocycles. The summed E-state index contributed by atoms with van der Waals surface area (Å²) < 4.78 is 23.8. The van der Waals surface area contributed by atoms with Crippen LogP contribution in [0.4, 0.5) is 4.39 Å². The molecule has 2 aromatic carbocycles. The van der Waals surface area contributed by atoms with Crippen molar-refractivity contribution in [1.29, 1.82) is 0 Å². The molecule has 0 radical (unpaired) electrons. The topological polar surface area (TPSA) is 52.2 Å². The molecule has 3 rings (SSSR count). The molecule has 0 saturated carbocycles. The van der Waals surface area contributed by atoms with Crippen molar-refractivity contribution in [3.05, 3.63) is 87.2 Å². The van der Waals surface area contributed by atoms with E-state index in [1.807, 2.05) is 24.3 Å². The van der Waals surface area contributed by atoms with Gasteiger partial charge in [0.1, 0.15) is 11.6 Å². The minimum atomic E-state index is -0.804. The zero-order chi connectivity index (χ0) is 22.5. The molecule has 0 bridgehead atoms. The Morgan fingerprint density at radius 3 is 2.48 bits per heavy atom. The molecule has 0 spiro atoms. The number of carbonyl (C=O) groups excluding carboxylic acids is 1. The average Bonchev–Trinajstić information content (AvgIpc) is 2.77. The molecule has 160 valence electrons. The zero-order valence-electron chi connectivity index (χ0n) is 17.5. The van der Waals surface area contributed by atoms with Gasteiger partial charge in [-0.2, -0.15) is 0 Å². The smallest absolute Gasteiger partial charge is 0.314 e. The number of ether oxygens (including phenoxy) is 2. The first-order chi connectivity index (χ1) is 14.9. The first kappa shape index (κ1) is 22.5. The van der Waals surface area contributed by atoms with Gasteiger partial charge in [-0.1, -0.05) is 29.8 Å². The third-order valence-electron chi connectivity index (χ3n) is 5.37. The highest BCUT2D eigenvalue weighted by Crippen LogP contribution is 2.43. The van der Waals surface area contributed by atoms with E-state index in [0.717, 1.165) is 11.3 Å². The van der Waals surface area contributed by atoms with Crippen LogP contribution < -0.4 is 4.74 Å². The van der Waals surface area contributed by atoms with Gasteiger partial charge in [-0.15, -0.1) is 0 Å². The van der Waals surface area contributed by atoms with Crippen molar-refractivity contribution in [3.8, 4) is 5.75 Å². The Bertz CT molecular complexity index is 1090. The Kier molecular flexibility index (Phi) is 7.09. The molecule has 1 aliphatic heterocycles. The Labute approximate surface area is 186 Å². The Morgan fingerprint density at radius 1 is 1.19 bits per heavy atom. The fourth-order valence-electron chi connectivity index (χ4n) is 3.81. The molecule has 1 heterocycles. The molecular formula is C24H22ClFN2O3. The second kappa shape index (κ2) is 9.76. The molecule has 7 heteroatoms. The molecule has 2 atom stereocenters. The highest BCUT2D eigenvalue weighted by Gasteiger charge is 2.41. The number of hydrogen-bond acceptors (Lipinski definition) is 4. The lowest BCUT2D eigenvalue weighted by atomic mass is 9.78. The van der Waals surface area contributed by atoms with Gasteiger partial charge in [-0.3, -0.25) is 9.79 Å². The van der Waals surface area contributed by atoms with Crippen LogP contribution in [0.2, 0.25) is 5.02 Å². The minimum Gasteiger partial charge on any atom is -0.497 e. The normalized spacial score (nSPS) is 18.3. The van der Waals surface area contributed by atoms with Crippen molar-refractivity contribution in [1.82, 2.24) is 0 Å². The molecule has 2 unspecified atom stereocenters. The van der Waals surface area contributed by atoms with Crippen LogP contribution in [0.1, 0.15) is 30.4 Å². The molecule has 31 heavy (non-hydrogen) atoms.